The fourth-order valence-corrected chi connectivity index (χ4v) is 7.35. The molecule has 8 rings (SSSR count). The number of allylic oxidation sites excluding steroid dienone is 4. The number of hydrogen-bond acceptors (Lipinski definition) is 2. The van der Waals surface area contributed by atoms with E-state index >= 15 is 0 Å². The number of ketones is 1. The topological polar surface area (TPSA) is 34.9 Å². The molecule has 0 bridgehead atoms. The van der Waals surface area contributed by atoms with Crippen molar-refractivity contribution in [3.8, 4) is 33.9 Å². The Morgan fingerprint density at radius 1 is 0.614 bits per heavy atom. The molecule has 1 aliphatic heterocycles. The first-order chi connectivity index (χ1) is 21.0. The maximum Gasteiger partial charge on any atom is 0.185 e. The van der Waals surface area contributed by atoms with Crippen LogP contribution in [0.1, 0.15) is 47.1 Å². The van der Waals surface area contributed by atoms with E-state index in [2.05, 4.69) is 149 Å². The van der Waals surface area contributed by atoms with Gasteiger partial charge in [-0.3, -0.25) is 4.79 Å². The Morgan fingerprint density at radius 2 is 1.11 bits per heavy atom. The number of fused-ring (bicyclic) bond motifs is 7. The van der Waals surface area contributed by atoms with Crippen molar-refractivity contribution < 1.29 is 4.79 Å². The molecule has 2 aliphatic carbocycles. The molecule has 0 saturated carbocycles. The lowest BCUT2D eigenvalue weighted by Gasteiger charge is -2.39. The summed E-state index contributed by atoms with van der Waals surface area (Å²) in [6.07, 6.45) is 4.53. The first kappa shape index (κ1) is 26.8. The summed E-state index contributed by atoms with van der Waals surface area (Å²) in [6.45, 7) is 12.9. The molecule has 0 atom stereocenters. The molecule has 0 fully saturated rings. The maximum atomic E-state index is 14.3. The molecule has 0 N–H and O–H groups in total. The highest BCUT2D eigenvalue weighted by atomic mass is 16.1. The van der Waals surface area contributed by atoms with Crippen molar-refractivity contribution in [2.45, 2.75) is 47.1 Å². The number of nitrogens with zero attached hydrogens (tertiary/aromatic N) is 2. The van der Waals surface area contributed by atoms with E-state index in [1.165, 1.54) is 32.0 Å². The van der Waals surface area contributed by atoms with Crippen LogP contribution < -0.4 is 0 Å². The molecule has 44 heavy (non-hydrogen) atoms. The van der Waals surface area contributed by atoms with Crippen molar-refractivity contribution in [1.29, 1.82) is 0 Å². The molecule has 1 spiro atoms. The van der Waals surface area contributed by atoms with Crippen LogP contribution in [0.2, 0.25) is 0 Å². The van der Waals surface area contributed by atoms with Crippen molar-refractivity contribution in [2.75, 3.05) is 0 Å². The summed E-state index contributed by atoms with van der Waals surface area (Å²) in [5.74, 6) is 1.04. The second-order valence-corrected chi connectivity index (χ2v) is 14.5. The van der Waals surface area contributed by atoms with Gasteiger partial charge in [-0.2, -0.15) is 0 Å². The Labute approximate surface area is 258 Å². The molecule has 2 heterocycles. The van der Waals surface area contributed by atoms with E-state index in [4.69, 9.17) is 4.98 Å². The van der Waals surface area contributed by atoms with Gasteiger partial charge in [0.2, 0.25) is 0 Å². The summed E-state index contributed by atoms with van der Waals surface area (Å²) in [5.41, 5.74) is 6.84. The summed E-state index contributed by atoms with van der Waals surface area (Å²) in [7, 11) is 0. The molecule has 3 nitrogen and oxygen atoms in total. The van der Waals surface area contributed by atoms with E-state index in [-0.39, 0.29) is 16.6 Å². The van der Waals surface area contributed by atoms with Gasteiger partial charge in [-0.1, -0.05) is 126 Å². The minimum Gasteiger partial charge on any atom is -0.306 e. The van der Waals surface area contributed by atoms with Crippen molar-refractivity contribution >= 4 is 5.78 Å². The van der Waals surface area contributed by atoms with Crippen molar-refractivity contribution in [2.24, 2.45) is 10.8 Å². The molecular formula is C41H36N2O. The average Bonchev–Trinajstić information content (AvgIpc) is 3.51. The minimum atomic E-state index is -0.728. The number of imidazole rings is 1. The Morgan fingerprint density at radius 3 is 1.66 bits per heavy atom. The molecule has 0 saturated heterocycles. The van der Waals surface area contributed by atoms with Gasteiger partial charge in [0.15, 0.2) is 5.78 Å². The van der Waals surface area contributed by atoms with Gasteiger partial charge in [0.1, 0.15) is 11.4 Å². The van der Waals surface area contributed by atoms with Gasteiger partial charge < -0.3 is 4.57 Å². The van der Waals surface area contributed by atoms with Crippen molar-refractivity contribution in [3.63, 3.8) is 0 Å². The lowest BCUT2D eigenvalue weighted by molar-refractivity contribution is -0.114. The maximum absolute atomic E-state index is 14.3. The highest BCUT2D eigenvalue weighted by Crippen LogP contribution is 2.56. The second kappa shape index (κ2) is 8.89. The van der Waals surface area contributed by atoms with Crippen molar-refractivity contribution in [3.05, 3.63) is 147 Å². The number of Topliss-reactive ketones (excluding diaryl/α,β-unsaturated/α-hetero) is 1. The number of aromatic nitrogens is 2. The molecule has 216 valence electrons. The smallest absolute Gasteiger partial charge is 0.185 e. The van der Waals surface area contributed by atoms with Crippen LogP contribution in [0.4, 0.5) is 0 Å². The molecular weight excluding hydrogens is 536 g/mol. The lowest BCUT2D eigenvalue weighted by atomic mass is 9.67. The van der Waals surface area contributed by atoms with Crippen LogP contribution in [0.3, 0.4) is 0 Å². The monoisotopic (exact) mass is 572 g/mol. The van der Waals surface area contributed by atoms with Gasteiger partial charge in [0.25, 0.3) is 0 Å². The van der Waals surface area contributed by atoms with Crippen molar-refractivity contribution in [1.82, 2.24) is 9.55 Å². The SMILES string of the molecule is CC(C)(C)C1=CC2(C=C(C(C)(C)C)C1=O)c1cc3c(cc1-c1c(-c4ccccc4)nc(-c4ccccc4)n12)=c1ccccc1=3. The minimum absolute atomic E-state index is 0.143. The predicted octanol–water partition coefficient (Wildman–Crippen LogP) is 9.36. The predicted molar refractivity (Wildman–Crippen MR) is 177 cm³/mol. The fourth-order valence-electron chi connectivity index (χ4n) is 7.35. The zero-order chi connectivity index (χ0) is 30.6. The molecule has 1 aromatic heterocycles. The largest absolute Gasteiger partial charge is 0.306 e. The third-order valence-corrected chi connectivity index (χ3v) is 9.51. The molecule has 0 radical (unpaired) electrons. The van der Waals surface area contributed by atoms with Crippen LogP contribution >= 0.6 is 0 Å². The molecule has 4 aromatic carbocycles. The first-order valence-corrected chi connectivity index (χ1v) is 15.5. The van der Waals surface area contributed by atoms with Gasteiger partial charge in [0.05, 0.1) is 11.4 Å². The zero-order valence-corrected chi connectivity index (χ0v) is 26.2. The van der Waals surface area contributed by atoms with Gasteiger partial charge in [-0.15, -0.1) is 0 Å². The Kier molecular flexibility index (Phi) is 5.42. The third-order valence-electron chi connectivity index (χ3n) is 9.51. The third kappa shape index (κ3) is 3.62. The summed E-state index contributed by atoms with van der Waals surface area (Å²) >= 11 is 0. The zero-order valence-electron chi connectivity index (χ0n) is 26.2. The molecule has 0 amide bonds. The molecule has 5 aromatic rings. The van der Waals surface area contributed by atoms with Crippen LogP contribution in [0.15, 0.2) is 120 Å². The molecule has 3 heteroatoms. The normalized spacial score (nSPS) is 16.0. The van der Waals surface area contributed by atoms with E-state index in [0.29, 0.717) is 0 Å². The summed E-state index contributed by atoms with van der Waals surface area (Å²) < 4.78 is 2.43. The van der Waals surface area contributed by atoms with E-state index in [1.807, 2.05) is 6.07 Å². The lowest BCUT2D eigenvalue weighted by Crippen LogP contribution is -2.38. The van der Waals surface area contributed by atoms with Gasteiger partial charge in [-0.25, -0.2) is 4.98 Å². The summed E-state index contributed by atoms with van der Waals surface area (Å²) in [6, 6.07) is 34.4. The standard InChI is InChI=1S/C41H36N2O/c1-39(2,3)33-23-41(24-34(37(33)44)40(4,5)6)32-22-30-28-20-14-13-19-27(28)29(30)21-31(32)36-35(25-15-9-7-10-16-25)42-38(43(36)41)26-17-11-8-12-18-26/h7-24H,1-6H3. The van der Waals surface area contributed by atoms with E-state index in [0.717, 1.165) is 39.5 Å². The Hall–Kier alpha value is -4.76. The van der Waals surface area contributed by atoms with E-state index < -0.39 is 5.54 Å². The van der Waals surface area contributed by atoms with Crippen LogP contribution in [0.25, 0.3) is 33.9 Å². The fraction of sp³-hybridized carbons (Fsp3) is 0.220. The van der Waals surface area contributed by atoms with Crippen LogP contribution in [-0.2, 0) is 10.3 Å². The second-order valence-electron chi connectivity index (χ2n) is 14.5. The van der Waals surface area contributed by atoms with Gasteiger partial charge >= 0.3 is 0 Å². The van der Waals surface area contributed by atoms with Crippen LogP contribution in [0.5, 0.6) is 0 Å². The number of hydrogen-bond donors (Lipinski definition) is 0. The van der Waals surface area contributed by atoms with E-state index in [1.54, 1.807) is 0 Å². The first-order valence-electron chi connectivity index (χ1n) is 15.5. The average molecular weight is 573 g/mol. The summed E-state index contributed by atoms with van der Waals surface area (Å²) in [5, 5.41) is 5.12. The Balaban J connectivity index is 1.60. The van der Waals surface area contributed by atoms with Gasteiger partial charge in [-0.05, 0) is 61.6 Å². The number of rotatable bonds is 2. The highest BCUT2D eigenvalue weighted by molar-refractivity contribution is 6.11. The Bertz CT molecular complexity index is 2260. The number of carbonyl (C=O) groups is 1. The van der Waals surface area contributed by atoms with Crippen LogP contribution in [-0.4, -0.2) is 15.3 Å². The molecule has 3 aliphatic rings. The van der Waals surface area contributed by atoms with Gasteiger partial charge in [0, 0.05) is 27.8 Å². The quantitative estimate of drug-likeness (QED) is 0.207. The summed E-state index contributed by atoms with van der Waals surface area (Å²) in [4.78, 5) is 19.7. The number of carbonyl (C=O) groups excluding carboxylic acids is 1. The molecule has 0 unspecified atom stereocenters. The number of benzene rings is 4. The highest BCUT2D eigenvalue weighted by Gasteiger charge is 2.50. The van der Waals surface area contributed by atoms with E-state index in [9.17, 15) is 4.79 Å². The van der Waals surface area contributed by atoms with Crippen LogP contribution in [0, 0.1) is 31.7 Å².